The molecule has 1 amide bonds. The Kier molecular flexibility index (Phi) is 3.71. The first-order valence-corrected chi connectivity index (χ1v) is 4.66. The highest BCUT2D eigenvalue weighted by Crippen LogP contribution is 2.28. The Morgan fingerprint density at radius 2 is 1.88 bits per heavy atom. The van der Waals surface area contributed by atoms with Crippen LogP contribution in [0.3, 0.4) is 0 Å². The number of hydrogen-bond donors (Lipinski definition) is 4. The van der Waals surface area contributed by atoms with Crippen molar-refractivity contribution in [2.24, 2.45) is 5.73 Å². The maximum atomic E-state index is 10.7. The second-order valence-corrected chi connectivity index (χ2v) is 3.31. The fourth-order valence-electron chi connectivity index (χ4n) is 1.20. The van der Waals surface area contributed by atoms with E-state index in [1.165, 1.54) is 12.2 Å². The van der Waals surface area contributed by atoms with Crippen molar-refractivity contribution in [2.75, 3.05) is 0 Å². The lowest BCUT2D eigenvalue weighted by Gasteiger charge is -2.04. The molecule has 0 aromatic heterocycles. The number of primary amides is 1. The third kappa shape index (κ3) is 3.23. The molecule has 1 aromatic carbocycles. The molecule has 90 valence electrons. The molecule has 0 spiro atoms. The van der Waals surface area contributed by atoms with E-state index >= 15 is 0 Å². The molecule has 1 rings (SSSR count). The highest BCUT2D eigenvalue weighted by Gasteiger charge is 2.12. The Balaban J connectivity index is 3.07. The number of rotatable bonds is 4. The maximum Gasteiger partial charge on any atom is 0.339 e. The maximum absolute atomic E-state index is 10.7. The van der Waals surface area contributed by atoms with Crippen LogP contribution in [0.4, 0.5) is 0 Å². The number of aromatic carboxylic acids is 1. The fourth-order valence-corrected chi connectivity index (χ4v) is 1.20. The molecule has 0 unspecified atom stereocenters. The first kappa shape index (κ1) is 12.6. The number of hydrogen-bond acceptors (Lipinski definition) is 4. The van der Waals surface area contributed by atoms with Gasteiger partial charge >= 0.3 is 5.97 Å². The van der Waals surface area contributed by atoms with Crippen molar-refractivity contribution in [3.05, 3.63) is 29.3 Å². The van der Waals surface area contributed by atoms with Crippen molar-refractivity contribution >= 4 is 18.0 Å². The van der Waals surface area contributed by atoms with E-state index < -0.39 is 17.6 Å². The van der Waals surface area contributed by atoms with Crippen LogP contribution in [-0.2, 0) is 4.79 Å². The second kappa shape index (κ2) is 5.02. The molecular formula is C11H11NO5. The number of carboxylic acid groups (broad SMARTS) is 1. The Labute approximate surface area is 96.6 Å². The van der Waals surface area contributed by atoms with Crippen LogP contribution in [0.2, 0.25) is 0 Å². The van der Waals surface area contributed by atoms with Gasteiger partial charge in [-0.3, -0.25) is 4.79 Å². The normalized spacial score (nSPS) is 10.6. The molecule has 0 radical (unpaired) electrons. The number of phenols is 2. The molecule has 0 saturated carbocycles. The molecule has 6 nitrogen and oxygen atoms in total. The van der Waals surface area contributed by atoms with E-state index in [1.54, 1.807) is 0 Å². The minimum absolute atomic E-state index is 0.0251. The predicted octanol–water partition coefficient (Wildman–Crippen LogP) is 0.685. The lowest BCUT2D eigenvalue weighted by molar-refractivity contribution is -0.117. The van der Waals surface area contributed by atoms with E-state index in [0.717, 1.165) is 12.1 Å². The SMILES string of the molecule is NC(=O)CC=Cc1cc(C(=O)O)c(O)cc1O. The smallest absolute Gasteiger partial charge is 0.339 e. The standard InChI is InChI=1S/C11H11NO5/c12-10(15)3-1-2-6-4-7(11(16)17)9(14)5-8(6)13/h1-2,4-5,13-14H,3H2,(H2,12,15)(H,16,17). The third-order valence-corrected chi connectivity index (χ3v) is 1.99. The molecule has 5 N–H and O–H groups in total. The highest BCUT2D eigenvalue weighted by atomic mass is 16.4. The van der Waals surface area contributed by atoms with Crippen LogP contribution in [0.15, 0.2) is 18.2 Å². The van der Waals surface area contributed by atoms with Gasteiger partial charge in [0.25, 0.3) is 0 Å². The molecule has 17 heavy (non-hydrogen) atoms. The molecule has 0 saturated heterocycles. The number of aromatic hydroxyl groups is 2. The van der Waals surface area contributed by atoms with Gasteiger partial charge in [-0.15, -0.1) is 0 Å². The van der Waals surface area contributed by atoms with E-state index in [1.807, 2.05) is 0 Å². The molecule has 0 aliphatic rings. The number of phenolic OH excluding ortho intramolecular Hbond substituents is 1. The van der Waals surface area contributed by atoms with Gasteiger partial charge in [0, 0.05) is 18.1 Å². The fraction of sp³-hybridized carbons (Fsp3) is 0.0909. The summed E-state index contributed by atoms with van der Waals surface area (Å²) < 4.78 is 0. The van der Waals surface area contributed by atoms with E-state index in [4.69, 9.17) is 10.8 Å². The Hall–Kier alpha value is -2.50. The number of benzene rings is 1. The summed E-state index contributed by atoms with van der Waals surface area (Å²) in [7, 11) is 0. The lowest BCUT2D eigenvalue weighted by atomic mass is 10.1. The highest BCUT2D eigenvalue weighted by molar-refractivity contribution is 5.92. The quantitative estimate of drug-likeness (QED) is 0.613. The molecule has 0 aliphatic carbocycles. The van der Waals surface area contributed by atoms with Crippen LogP contribution in [-0.4, -0.2) is 27.2 Å². The largest absolute Gasteiger partial charge is 0.507 e. The average Bonchev–Trinajstić information content (AvgIpc) is 2.20. The van der Waals surface area contributed by atoms with Crippen molar-refractivity contribution in [3.63, 3.8) is 0 Å². The first-order chi connectivity index (χ1) is 7.91. The van der Waals surface area contributed by atoms with Gasteiger partial charge in [-0.1, -0.05) is 12.2 Å². The first-order valence-electron chi connectivity index (χ1n) is 4.66. The monoisotopic (exact) mass is 237 g/mol. The molecule has 0 aliphatic heterocycles. The molecule has 6 heteroatoms. The van der Waals surface area contributed by atoms with Gasteiger partial charge in [-0.25, -0.2) is 4.79 Å². The van der Waals surface area contributed by atoms with E-state index in [0.29, 0.717) is 0 Å². The van der Waals surface area contributed by atoms with Crippen molar-refractivity contribution in [3.8, 4) is 11.5 Å². The van der Waals surface area contributed by atoms with E-state index in [-0.39, 0.29) is 23.3 Å². The van der Waals surface area contributed by atoms with Gasteiger partial charge in [0.05, 0.1) is 0 Å². The number of nitrogens with two attached hydrogens (primary N) is 1. The zero-order valence-electron chi connectivity index (χ0n) is 8.75. The van der Waals surface area contributed by atoms with E-state index in [9.17, 15) is 19.8 Å². The van der Waals surface area contributed by atoms with Gasteiger partial charge in [-0.05, 0) is 6.07 Å². The molecule has 1 aromatic rings. The Morgan fingerprint density at radius 1 is 1.24 bits per heavy atom. The Bertz CT molecular complexity index is 493. The summed E-state index contributed by atoms with van der Waals surface area (Å²) in [6.07, 6.45) is 2.72. The molecule has 0 heterocycles. The van der Waals surface area contributed by atoms with Crippen molar-refractivity contribution in [1.29, 1.82) is 0 Å². The number of amides is 1. The topological polar surface area (TPSA) is 121 Å². The van der Waals surface area contributed by atoms with Crippen molar-refractivity contribution in [1.82, 2.24) is 0 Å². The molecule has 0 bridgehead atoms. The van der Waals surface area contributed by atoms with Gasteiger partial charge in [0.1, 0.15) is 17.1 Å². The van der Waals surface area contributed by atoms with Crippen LogP contribution in [0.5, 0.6) is 11.5 Å². The third-order valence-electron chi connectivity index (χ3n) is 1.99. The van der Waals surface area contributed by atoms with Gasteiger partial charge in [0.2, 0.25) is 5.91 Å². The minimum atomic E-state index is -1.31. The van der Waals surface area contributed by atoms with Crippen LogP contribution in [0.1, 0.15) is 22.3 Å². The van der Waals surface area contributed by atoms with Crippen molar-refractivity contribution < 1.29 is 24.9 Å². The molecular weight excluding hydrogens is 226 g/mol. The minimum Gasteiger partial charge on any atom is -0.507 e. The van der Waals surface area contributed by atoms with Gasteiger partial charge in [-0.2, -0.15) is 0 Å². The predicted molar refractivity (Wildman–Crippen MR) is 59.6 cm³/mol. The Morgan fingerprint density at radius 3 is 2.41 bits per heavy atom. The summed E-state index contributed by atoms with van der Waals surface area (Å²) in [5.41, 5.74) is 4.76. The van der Waals surface area contributed by atoms with Gasteiger partial charge < -0.3 is 21.1 Å². The molecule has 0 atom stereocenters. The lowest BCUT2D eigenvalue weighted by Crippen LogP contribution is -2.07. The summed E-state index contributed by atoms with van der Waals surface area (Å²) in [5.74, 6) is -2.67. The van der Waals surface area contributed by atoms with Crippen molar-refractivity contribution in [2.45, 2.75) is 6.42 Å². The second-order valence-electron chi connectivity index (χ2n) is 3.31. The summed E-state index contributed by atoms with van der Waals surface area (Å²) in [6, 6.07) is 2.03. The van der Waals surface area contributed by atoms with Crippen LogP contribution < -0.4 is 5.73 Å². The summed E-state index contributed by atoms with van der Waals surface area (Å²) >= 11 is 0. The number of carbonyl (C=O) groups is 2. The van der Waals surface area contributed by atoms with Crippen LogP contribution >= 0.6 is 0 Å². The number of carbonyl (C=O) groups excluding carboxylic acids is 1. The van der Waals surface area contributed by atoms with Gasteiger partial charge in [0.15, 0.2) is 0 Å². The van der Waals surface area contributed by atoms with Crippen LogP contribution in [0, 0.1) is 0 Å². The summed E-state index contributed by atoms with van der Waals surface area (Å²) in [5, 5.41) is 27.5. The average molecular weight is 237 g/mol. The zero-order chi connectivity index (χ0) is 13.0. The molecule has 0 fully saturated rings. The summed E-state index contributed by atoms with van der Waals surface area (Å²) in [6.45, 7) is 0. The van der Waals surface area contributed by atoms with Crippen LogP contribution in [0.25, 0.3) is 6.08 Å². The summed E-state index contributed by atoms with van der Waals surface area (Å²) in [4.78, 5) is 21.2. The van der Waals surface area contributed by atoms with E-state index in [2.05, 4.69) is 0 Å². The zero-order valence-corrected chi connectivity index (χ0v) is 8.75. The number of carboxylic acids is 1.